The van der Waals surface area contributed by atoms with Gasteiger partial charge in [-0.2, -0.15) is 9.61 Å². The Bertz CT molecular complexity index is 1250. The minimum absolute atomic E-state index is 0.115. The Labute approximate surface area is 149 Å². The molecule has 0 saturated heterocycles. The van der Waals surface area contributed by atoms with Crippen LogP contribution in [0.3, 0.4) is 0 Å². The highest BCUT2D eigenvalue weighted by Crippen LogP contribution is 2.14. The van der Waals surface area contributed by atoms with Gasteiger partial charge in [-0.05, 0) is 19.1 Å². The fourth-order valence-electron chi connectivity index (χ4n) is 2.50. The Balaban J connectivity index is 1.50. The molecule has 26 heavy (non-hydrogen) atoms. The van der Waals surface area contributed by atoms with E-state index < -0.39 is 11.7 Å². The van der Waals surface area contributed by atoms with Gasteiger partial charge in [0, 0.05) is 11.8 Å². The van der Waals surface area contributed by atoms with Gasteiger partial charge in [0.1, 0.15) is 13.2 Å². The summed E-state index contributed by atoms with van der Waals surface area (Å²) in [5.74, 6) is -1.25. The van der Waals surface area contributed by atoms with Crippen molar-refractivity contribution in [3.05, 3.63) is 61.9 Å². The minimum atomic E-state index is -0.630. The normalized spacial score (nSPS) is 11.3. The smallest absolute Gasteiger partial charge is 0.420 e. The Kier molecular flexibility index (Phi) is 3.88. The number of para-hydroxylation sites is 2. The summed E-state index contributed by atoms with van der Waals surface area (Å²) in [6.07, 6.45) is 0. The van der Waals surface area contributed by atoms with Crippen LogP contribution in [0.4, 0.5) is 0 Å². The van der Waals surface area contributed by atoms with Gasteiger partial charge in [-0.25, -0.2) is 9.78 Å². The number of aromatic nitrogens is 4. The van der Waals surface area contributed by atoms with Crippen LogP contribution in [-0.4, -0.2) is 25.1 Å². The van der Waals surface area contributed by atoms with Crippen LogP contribution < -0.4 is 11.3 Å². The first kappa shape index (κ1) is 16.2. The summed E-state index contributed by atoms with van der Waals surface area (Å²) in [6, 6.07) is 8.18. The molecule has 0 saturated carbocycles. The lowest BCUT2D eigenvalue weighted by Gasteiger charge is -2.03. The summed E-state index contributed by atoms with van der Waals surface area (Å²) in [5, 5.41) is 4.51. The molecule has 0 N–H and O–H groups in total. The molecule has 0 aliphatic carbocycles. The van der Waals surface area contributed by atoms with Gasteiger partial charge in [0.15, 0.2) is 10.6 Å². The highest BCUT2D eigenvalue weighted by Gasteiger charge is 2.15. The third-order valence-electron chi connectivity index (χ3n) is 3.63. The first-order valence-electron chi connectivity index (χ1n) is 7.61. The molecule has 0 aliphatic rings. The number of rotatable bonds is 4. The predicted octanol–water partition coefficient (Wildman–Crippen LogP) is 1.11. The molecule has 0 unspecified atom stereocenters. The highest BCUT2D eigenvalue weighted by molar-refractivity contribution is 7.16. The average Bonchev–Trinajstić information content (AvgIpc) is 3.14. The topological polar surface area (TPSA) is 109 Å². The second-order valence-electron chi connectivity index (χ2n) is 5.51. The van der Waals surface area contributed by atoms with E-state index in [0.717, 1.165) is 15.9 Å². The number of ether oxygens (including phenoxy) is 1. The maximum Gasteiger partial charge on any atom is 0.420 e. The van der Waals surface area contributed by atoms with Gasteiger partial charge < -0.3 is 9.15 Å². The van der Waals surface area contributed by atoms with Crippen molar-refractivity contribution in [2.24, 2.45) is 0 Å². The second-order valence-corrected chi connectivity index (χ2v) is 6.55. The molecule has 0 fully saturated rings. The zero-order chi connectivity index (χ0) is 18.3. The monoisotopic (exact) mass is 372 g/mol. The first-order chi connectivity index (χ1) is 12.5. The number of oxazole rings is 1. The summed E-state index contributed by atoms with van der Waals surface area (Å²) in [6.45, 7) is 1.32. The van der Waals surface area contributed by atoms with Gasteiger partial charge in [-0.15, -0.1) is 0 Å². The van der Waals surface area contributed by atoms with Crippen LogP contribution in [0.1, 0.15) is 10.7 Å². The number of fused-ring (bicyclic) bond motifs is 2. The van der Waals surface area contributed by atoms with Crippen LogP contribution in [0, 0.1) is 6.92 Å². The molecule has 9 nitrogen and oxygen atoms in total. The minimum Gasteiger partial charge on any atom is -0.457 e. The quantitative estimate of drug-likeness (QED) is 0.494. The zero-order valence-corrected chi connectivity index (χ0v) is 14.4. The third kappa shape index (κ3) is 2.90. The number of carbonyl (C=O) groups is 1. The summed E-state index contributed by atoms with van der Waals surface area (Å²) < 4.78 is 12.6. The lowest BCUT2D eigenvalue weighted by atomic mass is 10.3. The molecule has 0 atom stereocenters. The van der Waals surface area contributed by atoms with Gasteiger partial charge >= 0.3 is 11.7 Å². The number of hydrogen-bond acceptors (Lipinski definition) is 8. The lowest BCUT2D eigenvalue weighted by molar-refractivity contribution is -0.145. The predicted molar refractivity (Wildman–Crippen MR) is 92.1 cm³/mol. The van der Waals surface area contributed by atoms with Crippen molar-refractivity contribution >= 4 is 33.4 Å². The van der Waals surface area contributed by atoms with Gasteiger partial charge in [0.05, 0.1) is 5.52 Å². The van der Waals surface area contributed by atoms with Gasteiger partial charge in [-0.1, -0.05) is 23.5 Å². The maximum atomic E-state index is 12.1. The van der Waals surface area contributed by atoms with E-state index in [-0.39, 0.29) is 18.7 Å². The van der Waals surface area contributed by atoms with Crippen molar-refractivity contribution in [1.82, 2.24) is 19.2 Å². The van der Waals surface area contributed by atoms with Gasteiger partial charge in [0.25, 0.3) is 5.56 Å². The van der Waals surface area contributed by atoms with Gasteiger partial charge in [-0.3, -0.25) is 14.2 Å². The number of hydrogen-bond donors (Lipinski definition) is 0. The van der Waals surface area contributed by atoms with Crippen LogP contribution in [0.15, 0.2) is 44.3 Å². The average molecular weight is 372 g/mol. The summed E-state index contributed by atoms with van der Waals surface area (Å²) in [4.78, 5) is 40.4. The largest absolute Gasteiger partial charge is 0.457 e. The van der Waals surface area contributed by atoms with Crippen LogP contribution in [-0.2, 0) is 22.7 Å². The van der Waals surface area contributed by atoms with E-state index in [1.807, 2.05) is 0 Å². The Hall–Kier alpha value is -3.27. The van der Waals surface area contributed by atoms with E-state index in [1.54, 1.807) is 31.2 Å². The first-order valence-corrected chi connectivity index (χ1v) is 8.43. The molecule has 0 aliphatic heterocycles. The summed E-state index contributed by atoms with van der Waals surface area (Å²) in [7, 11) is 0. The molecular weight excluding hydrogens is 360 g/mol. The molecule has 3 heterocycles. The van der Waals surface area contributed by atoms with Crippen molar-refractivity contribution in [3.8, 4) is 0 Å². The molecular formula is C16H12N4O5S. The fourth-order valence-corrected chi connectivity index (χ4v) is 3.36. The Morgan fingerprint density at radius 1 is 1.31 bits per heavy atom. The van der Waals surface area contributed by atoms with Gasteiger partial charge in [0.2, 0.25) is 4.96 Å². The van der Waals surface area contributed by atoms with Crippen molar-refractivity contribution in [2.75, 3.05) is 0 Å². The van der Waals surface area contributed by atoms with E-state index in [2.05, 4.69) is 10.1 Å². The number of aryl methyl sites for hydroxylation is 1. The van der Waals surface area contributed by atoms with E-state index in [9.17, 15) is 14.4 Å². The molecule has 3 aromatic heterocycles. The number of benzene rings is 1. The third-order valence-corrected chi connectivity index (χ3v) is 4.51. The molecule has 0 spiro atoms. The van der Waals surface area contributed by atoms with Crippen LogP contribution in [0.5, 0.6) is 0 Å². The lowest BCUT2D eigenvalue weighted by Crippen LogP contribution is -2.21. The Morgan fingerprint density at radius 2 is 2.12 bits per heavy atom. The van der Waals surface area contributed by atoms with E-state index in [4.69, 9.17) is 9.15 Å². The molecule has 4 aromatic rings. The summed E-state index contributed by atoms with van der Waals surface area (Å²) in [5.41, 5.74) is 1.21. The number of nitrogens with zero attached hydrogens (tertiary/aromatic N) is 4. The molecule has 0 radical (unpaired) electrons. The molecule has 132 valence electrons. The SMILES string of the molecule is Cc1cc(=O)n2nc(COC(=O)Cn3c(=O)oc4ccccc43)sc2n1. The zero-order valence-electron chi connectivity index (χ0n) is 13.5. The van der Waals surface area contributed by atoms with Crippen LogP contribution >= 0.6 is 11.3 Å². The molecule has 0 bridgehead atoms. The second kappa shape index (κ2) is 6.23. The van der Waals surface area contributed by atoms with Crippen molar-refractivity contribution in [3.63, 3.8) is 0 Å². The van der Waals surface area contributed by atoms with E-state index in [0.29, 0.717) is 26.8 Å². The molecule has 4 rings (SSSR count). The van der Waals surface area contributed by atoms with Crippen molar-refractivity contribution < 1.29 is 13.9 Å². The standard InChI is InChI=1S/C16H12N4O5S/c1-9-6-13(21)20-15(17-9)26-12(18-20)8-24-14(22)7-19-10-4-2-3-5-11(10)25-16(19)23/h2-6H,7-8H2,1H3. The maximum absolute atomic E-state index is 12.1. The van der Waals surface area contributed by atoms with E-state index >= 15 is 0 Å². The molecule has 1 aromatic carbocycles. The number of esters is 1. The highest BCUT2D eigenvalue weighted by atomic mass is 32.1. The van der Waals surface area contributed by atoms with Crippen molar-refractivity contribution in [2.45, 2.75) is 20.1 Å². The number of carbonyl (C=O) groups excluding carboxylic acids is 1. The van der Waals surface area contributed by atoms with Crippen LogP contribution in [0.25, 0.3) is 16.1 Å². The summed E-state index contributed by atoms with van der Waals surface area (Å²) >= 11 is 1.16. The van der Waals surface area contributed by atoms with Crippen molar-refractivity contribution in [1.29, 1.82) is 0 Å². The molecule has 0 amide bonds. The molecule has 10 heteroatoms. The fraction of sp³-hybridized carbons (Fsp3) is 0.188. The Morgan fingerprint density at radius 3 is 2.96 bits per heavy atom. The van der Waals surface area contributed by atoms with E-state index in [1.165, 1.54) is 10.6 Å². The van der Waals surface area contributed by atoms with Crippen LogP contribution in [0.2, 0.25) is 0 Å².